The predicted octanol–water partition coefficient (Wildman–Crippen LogP) is 0.617. The molecule has 0 aromatic carbocycles. The first kappa shape index (κ1) is 44.3. The molecule has 0 bridgehead atoms. The largest absolute Gasteiger partial charge is 0.481 e. The first-order valence-corrected chi connectivity index (χ1v) is 21.0. The number of allylic oxidation sites excluding steroid dienone is 2. The molecule has 0 aromatic heterocycles. The van der Waals surface area contributed by atoms with Gasteiger partial charge in [-0.2, -0.15) is 0 Å². The Kier molecular flexibility index (Phi) is 11.6. The highest BCUT2D eigenvalue weighted by Gasteiger charge is 2.71. The summed E-state index contributed by atoms with van der Waals surface area (Å²) in [5.74, 6) is -1.54. The highest BCUT2D eigenvalue weighted by atomic mass is 16.8. The van der Waals surface area contributed by atoms with E-state index in [1.807, 2.05) is 13.8 Å². The number of rotatable bonds is 8. The second-order valence-electron chi connectivity index (χ2n) is 20.1. The SMILES string of the molecule is COC(=O)[C@]1(C)CC[C@@]2(C(=O)O)CC[C@@]3(C)C(=CC[C@@H]4[C@@]5(C)C[C@@H](O)[C@@H](O[C@H]6CO[C@@H](O[C@@H]7O[C@H](CO)[C@H](O)[C@H](O)[C@@H]7O)[C@@H](O)[C@H]6O)[C@](C)(CO)[C@@H]5CC[C@@]43C)[C@H]2C1. The number of esters is 1. The predicted molar refractivity (Wildman–Crippen MR) is 201 cm³/mol. The van der Waals surface area contributed by atoms with E-state index in [-0.39, 0.29) is 47.8 Å². The first-order chi connectivity index (χ1) is 27.1. The number of fused-ring (bicyclic) bond motifs is 7. The summed E-state index contributed by atoms with van der Waals surface area (Å²) in [7, 11) is 1.38. The lowest BCUT2D eigenvalue weighted by molar-refractivity contribution is -0.371. The summed E-state index contributed by atoms with van der Waals surface area (Å²) in [4.78, 5) is 26.3. The van der Waals surface area contributed by atoms with Gasteiger partial charge in [-0.3, -0.25) is 9.59 Å². The number of aliphatic hydroxyl groups excluding tert-OH is 8. The molecule has 16 nitrogen and oxygen atoms in total. The minimum atomic E-state index is -1.76. The lowest BCUT2D eigenvalue weighted by atomic mass is 9.33. The van der Waals surface area contributed by atoms with Crippen LogP contribution in [-0.4, -0.2) is 152 Å². The van der Waals surface area contributed by atoms with Gasteiger partial charge >= 0.3 is 11.9 Å². The average molecular weight is 827 g/mol. The minimum Gasteiger partial charge on any atom is -0.481 e. The number of aliphatic hydroxyl groups is 8. The van der Waals surface area contributed by atoms with Crippen LogP contribution in [0.3, 0.4) is 0 Å². The molecule has 0 radical (unpaired) electrons. The van der Waals surface area contributed by atoms with Crippen molar-refractivity contribution in [3.8, 4) is 0 Å². The third-order valence-electron chi connectivity index (χ3n) is 17.4. The number of ether oxygens (including phenoxy) is 5. The summed E-state index contributed by atoms with van der Waals surface area (Å²) in [5, 5.41) is 96.7. The summed E-state index contributed by atoms with van der Waals surface area (Å²) >= 11 is 0. The summed E-state index contributed by atoms with van der Waals surface area (Å²) in [6.45, 7) is 9.23. The van der Waals surface area contributed by atoms with Crippen LogP contribution in [0, 0.1) is 50.2 Å². The maximum atomic E-state index is 13.2. The maximum Gasteiger partial charge on any atom is 0.311 e. The van der Waals surface area contributed by atoms with Crippen LogP contribution in [0.15, 0.2) is 11.6 Å². The Hall–Kier alpha value is -1.80. The lowest BCUT2D eigenvalue weighted by Gasteiger charge is -2.71. The Morgan fingerprint density at radius 3 is 2.12 bits per heavy atom. The van der Waals surface area contributed by atoms with Crippen molar-refractivity contribution in [2.45, 2.75) is 160 Å². The molecule has 0 amide bonds. The zero-order valence-corrected chi connectivity index (χ0v) is 34.5. The van der Waals surface area contributed by atoms with Crippen LogP contribution in [0.5, 0.6) is 0 Å². The molecule has 0 unspecified atom stereocenters. The van der Waals surface area contributed by atoms with E-state index in [4.69, 9.17) is 23.7 Å². The van der Waals surface area contributed by atoms with E-state index in [9.17, 15) is 55.5 Å². The van der Waals surface area contributed by atoms with E-state index in [1.54, 1.807) is 0 Å². The average Bonchev–Trinajstić information content (AvgIpc) is 3.18. The summed E-state index contributed by atoms with van der Waals surface area (Å²) in [5.41, 5.74) is -2.81. The second-order valence-corrected chi connectivity index (χ2v) is 20.1. The molecule has 0 spiro atoms. The molecule has 20 atom stereocenters. The highest BCUT2D eigenvalue weighted by molar-refractivity contribution is 5.80. The number of hydrogen-bond acceptors (Lipinski definition) is 15. The Balaban J connectivity index is 1.11. The van der Waals surface area contributed by atoms with Crippen molar-refractivity contribution in [2.75, 3.05) is 26.9 Å². The third kappa shape index (κ3) is 6.29. The van der Waals surface area contributed by atoms with Gasteiger partial charge in [0.05, 0.1) is 50.0 Å². The van der Waals surface area contributed by atoms with Gasteiger partial charge in [-0.05, 0) is 98.7 Å². The lowest BCUT2D eigenvalue weighted by Crippen LogP contribution is -2.69. The normalized spacial score (nSPS) is 54.2. The number of carbonyl (C=O) groups excluding carboxylic acids is 1. The number of carboxylic acids is 1. The van der Waals surface area contributed by atoms with E-state index in [0.29, 0.717) is 51.4 Å². The molecule has 7 rings (SSSR count). The maximum absolute atomic E-state index is 13.2. The van der Waals surface area contributed by atoms with E-state index < -0.39 is 102 Å². The van der Waals surface area contributed by atoms with Crippen molar-refractivity contribution < 1.29 is 79.2 Å². The molecule has 0 aromatic rings. The molecule has 58 heavy (non-hydrogen) atoms. The van der Waals surface area contributed by atoms with Crippen molar-refractivity contribution in [3.05, 3.63) is 11.6 Å². The molecule has 330 valence electrons. The van der Waals surface area contributed by atoms with Crippen LogP contribution in [0.25, 0.3) is 0 Å². The number of methoxy groups -OCH3 is 1. The van der Waals surface area contributed by atoms with Crippen LogP contribution in [-0.2, 0) is 33.3 Å². The molecule has 7 aliphatic rings. The molecule has 2 saturated heterocycles. The topological polar surface area (TPSA) is 262 Å². The highest BCUT2D eigenvalue weighted by Crippen LogP contribution is 2.76. The quantitative estimate of drug-likeness (QED) is 0.120. The Morgan fingerprint density at radius 2 is 1.48 bits per heavy atom. The summed E-state index contributed by atoms with van der Waals surface area (Å²) < 4.78 is 28.4. The fraction of sp³-hybridized carbons (Fsp3) is 0.905. The third-order valence-corrected chi connectivity index (χ3v) is 17.4. The van der Waals surface area contributed by atoms with Gasteiger partial charge in [-0.1, -0.05) is 39.3 Å². The van der Waals surface area contributed by atoms with Crippen molar-refractivity contribution in [3.63, 3.8) is 0 Å². The number of hydrogen-bond donors (Lipinski definition) is 9. The van der Waals surface area contributed by atoms with Gasteiger partial charge in [-0.15, -0.1) is 0 Å². The molecule has 2 aliphatic heterocycles. The first-order valence-electron chi connectivity index (χ1n) is 21.0. The summed E-state index contributed by atoms with van der Waals surface area (Å²) in [6, 6.07) is 0. The molecule has 2 heterocycles. The minimum absolute atomic E-state index is 0.0487. The van der Waals surface area contributed by atoms with Crippen molar-refractivity contribution in [1.82, 2.24) is 0 Å². The molecular weight excluding hydrogens is 760 g/mol. The van der Waals surface area contributed by atoms with E-state index in [1.165, 1.54) is 7.11 Å². The van der Waals surface area contributed by atoms with Crippen LogP contribution in [0.4, 0.5) is 0 Å². The van der Waals surface area contributed by atoms with E-state index in [2.05, 4.69) is 26.8 Å². The smallest absolute Gasteiger partial charge is 0.311 e. The van der Waals surface area contributed by atoms with Gasteiger partial charge < -0.3 is 69.6 Å². The second kappa shape index (κ2) is 15.2. The van der Waals surface area contributed by atoms with E-state index in [0.717, 1.165) is 12.0 Å². The number of carbonyl (C=O) groups is 2. The van der Waals surface area contributed by atoms with Crippen molar-refractivity contribution in [2.24, 2.45) is 50.2 Å². The fourth-order valence-electron chi connectivity index (χ4n) is 13.8. The van der Waals surface area contributed by atoms with Gasteiger partial charge in [-0.25, -0.2) is 0 Å². The standard InChI is InChI=1S/C42H66O16/c1-37(36(53)54-6)11-13-42(35(51)52)14-12-40(4)20(21(42)15-37)7-8-26-38(2)16-22(45)32(39(3,19-44)25(38)9-10-41(26,40)5)56-24-18-55-33(30(49)28(24)47)58-34-31(50)29(48)27(46)23(17-43)57-34/h7,21-34,43-50H,8-19H2,1-6H3,(H,51,52)/t21-,22-,23-,24+,25-,26-,27+,28+,29+,30+,31+,32-,33+,34+,37-,38+,39-,40+,41+,42-/m1/s1. The molecule has 16 heteroatoms. The Morgan fingerprint density at radius 1 is 0.810 bits per heavy atom. The van der Waals surface area contributed by atoms with Crippen LogP contribution in [0.1, 0.15) is 92.4 Å². The molecule has 6 fully saturated rings. The van der Waals surface area contributed by atoms with Crippen LogP contribution in [0.2, 0.25) is 0 Å². The van der Waals surface area contributed by atoms with Crippen molar-refractivity contribution >= 4 is 11.9 Å². The molecule has 5 aliphatic carbocycles. The van der Waals surface area contributed by atoms with Crippen LogP contribution >= 0.6 is 0 Å². The number of carboxylic acid groups (broad SMARTS) is 1. The molecule has 4 saturated carbocycles. The van der Waals surface area contributed by atoms with E-state index >= 15 is 0 Å². The molecule has 9 N–H and O–H groups in total. The van der Waals surface area contributed by atoms with Crippen LogP contribution < -0.4 is 0 Å². The number of aliphatic carboxylic acids is 1. The zero-order chi connectivity index (χ0) is 42.5. The Bertz CT molecular complexity index is 1610. The van der Waals surface area contributed by atoms with Gasteiger partial charge in [0.15, 0.2) is 12.6 Å². The van der Waals surface area contributed by atoms with Gasteiger partial charge in [0, 0.05) is 5.41 Å². The molecular formula is C42H66O16. The van der Waals surface area contributed by atoms with Gasteiger partial charge in [0.1, 0.15) is 42.7 Å². The van der Waals surface area contributed by atoms with Gasteiger partial charge in [0.2, 0.25) is 0 Å². The Labute approximate surface area is 339 Å². The zero-order valence-electron chi connectivity index (χ0n) is 34.5. The summed E-state index contributed by atoms with van der Waals surface area (Å²) in [6.07, 6.45) is -8.95. The van der Waals surface area contributed by atoms with Gasteiger partial charge in [0.25, 0.3) is 0 Å². The fourth-order valence-corrected chi connectivity index (χ4v) is 13.8. The van der Waals surface area contributed by atoms with Crippen molar-refractivity contribution in [1.29, 1.82) is 0 Å². The monoisotopic (exact) mass is 826 g/mol.